The average molecular weight is 205 g/mol. The van der Waals surface area contributed by atoms with Gasteiger partial charge in [-0.3, -0.25) is 0 Å². The minimum absolute atomic E-state index is 0.565. The standard InChI is InChI=1S/C12H15NO2/c1-8-4-3-5-9-11(8)15-10(6-7-13)12(9)14-2/h3-5H,6-7,13H2,1-2H3. The molecule has 3 nitrogen and oxygen atoms in total. The van der Waals surface area contributed by atoms with Gasteiger partial charge in [-0.1, -0.05) is 12.1 Å². The van der Waals surface area contributed by atoms with Crippen molar-refractivity contribution in [1.29, 1.82) is 0 Å². The Kier molecular flexibility index (Phi) is 2.64. The second-order valence-corrected chi connectivity index (χ2v) is 3.55. The maximum atomic E-state index is 5.76. The fourth-order valence-corrected chi connectivity index (χ4v) is 1.81. The summed E-state index contributed by atoms with van der Waals surface area (Å²) in [5.74, 6) is 1.66. The molecule has 0 aliphatic carbocycles. The number of aryl methyl sites for hydroxylation is 1. The molecule has 0 atom stereocenters. The molecular formula is C12H15NO2. The van der Waals surface area contributed by atoms with Crippen LogP contribution in [-0.2, 0) is 6.42 Å². The Bertz CT molecular complexity index is 474. The van der Waals surface area contributed by atoms with E-state index < -0.39 is 0 Å². The number of nitrogens with two attached hydrogens (primary N) is 1. The molecule has 1 heterocycles. The number of methoxy groups -OCH3 is 1. The molecule has 0 unspecified atom stereocenters. The molecule has 2 N–H and O–H groups in total. The maximum Gasteiger partial charge on any atom is 0.168 e. The van der Waals surface area contributed by atoms with E-state index in [1.807, 2.05) is 25.1 Å². The Morgan fingerprint density at radius 3 is 2.87 bits per heavy atom. The Morgan fingerprint density at radius 1 is 1.40 bits per heavy atom. The maximum absolute atomic E-state index is 5.76. The molecule has 0 bridgehead atoms. The van der Waals surface area contributed by atoms with Gasteiger partial charge in [-0.15, -0.1) is 0 Å². The normalized spacial score (nSPS) is 10.9. The highest BCUT2D eigenvalue weighted by molar-refractivity contribution is 5.87. The van der Waals surface area contributed by atoms with E-state index in [2.05, 4.69) is 0 Å². The molecule has 0 aliphatic heterocycles. The van der Waals surface area contributed by atoms with Gasteiger partial charge in [-0.2, -0.15) is 0 Å². The van der Waals surface area contributed by atoms with E-state index in [1.165, 1.54) is 0 Å². The SMILES string of the molecule is COc1c(CCN)oc2c(C)cccc12. The van der Waals surface area contributed by atoms with E-state index >= 15 is 0 Å². The van der Waals surface area contributed by atoms with Crippen LogP contribution in [0.3, 0.4) is 0 Å². The molecule has 0 saturated heterocycles. The van der Waals surface area contributed by atoms with Gasteiger partial charge >= 0.3 is 0 Å². The molecule has 0 spiro atoms. The lowest BCUT2D eigenvalue weighted by Gasteiger charge is -1.98. The van der Waals surface area contributed by atoms with Gasteiger partial charge in [0.05, 0.1) is 12.5 Å². The predicted octanol–water partition coefficient (Wildman–Crippen LogP) is 2.25. The quantitative estimate of drug-likeness (QED) is 0.836. The zero-order chi connectivity index (χ0) is 10.8. The monoisotopic (exact) mass is 205 g/mol. The summed E-state index contributed by atoms with van der Waals surface area (Å²) in [6.07, 6.45) is 0.706. The van der Waals surface area contributed by atoms with Crippen molar-refractivity contribution in [3.05, 3.63) is 29.5 Å². The van der Waals surface area contributed by atoms with Crippen LogP contribution in [0.25, 0.3) is 11.0 Å². The van der Waals surface area contributed by atoms with Crippen LogP contribution in [0.2, 0.25) is 0 Å². The minimum atomic E-state index is 0.565. The first-order chi connectivity index (χ1) is 7.27. The number of furan rings is 1. The van der Waals surface area contributed by atoms with Crippen molar-refractivity contribution >= 4 is 11.0 Å². The van der Waals surface area contributed by atoms with E-state index in [9.17, 15) is 0 Å². The van der Waals surface area contributed by atoms with Crippen molar-refractivity contribution in [3.63, 3.8) is 0 Å². The third-order valence-corrected chi connectivity index (χ3v) is 2.51. The molecule has 0 aliphatic rings. The van der Waals surface area contributed by atoms with Crippen molar-refractivity contribution in [1.82, 2.24) is 0 Å². The summed E-state index contributed by atoms with van der Waals surface area (Å²) in [5.41, 5.74) is 7.55. The number of rotatable bonds is 3. The number of hydrogen-bond acceptors (Lipinski definition) is 3. The number of benzene rings is 1. The van der Waals surface area contributed by atoms with Crippen molar-refractivity contribution < 1.29 is 9.15 Å². The molecule has 0 saturated carbocycles. The Morgan fingerprint density at radius 2 is 2.20 bits per heavy atom. The molecule has 1 aromatic heterocycles. The Hall–Kier alpha value is -1.48. The van der Waals surface area contributed by atoms with Crippen LogP contribution in [0.4, 0.5) is 0 Å². The molecule has 0 radical (unpaired) electrons. The number of ether oxygens (including phenoxy) is 1. The highest BCUT2D eigenvalue weighted by Crippen LogP contribution is 2.34. The highest BCUT2D eigenvalue weighted by atomic mass is 16.5. The van der Waals surface area contributed by atoms with Gasteiger partial charge in [-0.05, 0) is 25.1 Å². The summed E-state index contributed by atoms with van der Waals surface area (Å²) in [6.45, 7) is 2.59. The zero-order valence-corrected chi connectivity index (χ0v) is 9.04. The first-order valence-corrected chi connectivity index (χ1v) is 5.03. The summed E-state index contributed by atoms with van der Waals surface area (Å²) in [7, 11) is 1.66. The summed E-state index contributed by atoms with van der Waals surface area (Å²) in [5, 5.41) is 1.03. The molecule has 0 fully saturated rings. The smallest absolute Gasteiger partial charge is 0.168 e. The second kappa shape index (κ2) is 3.95. The van der Waals surface area contributed by atoms with Gasteiger partial charge < -0.3 is 14.9 Å². The molecular weight excluding hydrogens is 190 g/mol. The third-order valence-electron chi connectivity index (χ3n) is 2.51. The van der Waals surface area contributed by atoms with Crippen molar-refractivity contribution in [3.8, 4) is 5.75 Å². The van der Waals surface area contributed by atoms with E-state index in [0.29, 0.717) is 13.0 Å². The van der Waals surface area contributed by atoms with Gasteiger partial charge in [0.2, 0.25) is 0 Å². The number of para-hydroxylation sites is 1. The first kappa shape index (κ1) is 10.1. The van der Waals surface area contributed by atoms with Gasteiger partial charge in [0.15, 0.2) is 5.75 Å². The summed E-state index contributed by atoms with van der Waals surface area (Å²) in [6, 6.07) is 6.03. The van der Waals surface area contributed by atoms with Crippen LogP contribution in [0.15, 0.2) is 22.6 Å². The van der Waals surface area contributed by atoms with Gasteiger partial charge in [0.1, 0.15) is 11.3 Å². The number of fused-ring (bicyclic) bond motifs is 1. The van der Waals surface area contributed by atoms with Crippen LogP contribution < -0.4 is 10.5 Å². The van der Waals surface area contributed by atoms with Crippen LogP contribution in [0.1, 0.15) is 11.3 Å². The molecule has 1 aromatic carbocycles. The average Bonchev–Trinajstić information content (AvgIpc) is 2.58. The highest BCUT2D eigenvalue weighted by Gasteiger charge is 2.14. The fourth-order valence-electron chi connectivity index (χ4n) is 1.81. The molecule has 0 amide bonds. The Balaban J connectivity index is 2.67. The molecule has 2 rings (SSSR count). The van der Waals surface area contributed by atoms with Crippen LogP contribution in [0.5, 0.6) is 5.75 Å². The second-order valence-electron chi connectivity index (χ2n) is 3.55. The molecule has 80 valence electrons. The topological polar surface area (TPSA) is 48.4 Å². The number of hydrogen-bond donors (Lipinski definition) is 1. The van der Waals surface area contributed by atoms with Gasteiger partial charge in [0.25, 0.3) is 0 Å². The van der Waals surface area contributed by atoms with Crippen molar-refractivity contribution in [2.45, 2.75) is 13.3 Å². The van der Waals surface area contributed by atoms with Crippen LogP contribution in [0, 0.1) is 6.92 Å². The van der Waals surface area contributed by atoms with Crippen LogP contribution >= 0.6 is 0 Å². The van der Waals surface area contributed by atoms with Crippen molar-refractivity contribution in [2.24, 2.45) is 5.73 Å². The minimum Gasteiger partial charge on any atom is -0.492 e. The fraction of sp³-hybridized carbons (Fsp3) is 0.333. The van der Waals surface area contributed by atoms with E-state index in [-0.39, 0.29) is 0 Å². The van der Waals surface area contributed by atoms with E-state index in [4.69, 9.17) is 14.9 Å². The predicted molar refractivity (Wildman–Crippen MR) is 60.3 cm³/mol. The Labute approximate surface area is 88.8 Å². The lowest BCUT2D eigenvalue weighted by Crippen LogP contribution is -2.02. The van der Waals surface area contributed by atoms with Gasteiger partial charge in [0, 0.05) is 6.42 Å². The first-order valence-electron chi connectivity index (χ1n) is 5.03. The third kappa shape index (κ3) is 1.59. The molecule has 2 aromatic rings. The van der Waals surface area contributed by atoms with Gasteiger partial charge in [-0.25, -0.2) is 0 Å². The summed E-state index contributed by atoms with van der Waals surface area (Å²) in [4.78, 5) is 0. The lowest BCUT2D eigenvalue weighted by molar-refractivity contribution is 0.396. The van der Waals surface area contributed by atoms with Crippen LogP contribution in [-0.4, -0.2) is 13.7 Å². The summed E-state index contributed by atoms with van der Waals surface area (Å²) >= 11 is 0. The van der Waals surface area contributed by atoms with E-state index in [1.54, 1.807) is 7.11 Å². The van der Waals surface area contributed by atoms with E-state index in [0.717, 1.165) is 28.0 Å². The lowest BCUT2D eigenvalue weighted by atomic mass is 10.1. The van der Waals surface area contributed by atoms with Crippen molar-refractivity contribution in [2.75, 3.05) is 13.7 Å². The zero-order valence-electron chi connectivity index (χ0n) is 9.04. The molecule has 3 heteroatoms. The molecule has 15 heavy (non-hydrogen) atoms. The largest absolute Gasteiger partial charge is 0.492 e. The summed E-state index contributed by atoms with van der Waals surface area (Å²) < 4.78 is 11.1.